The molecule has 0 aliphatic carbocycles. The van der Waals surface area contributed by atoms with E-state index in [4.69, 9.17) is 5.11 Å². The number of thiophene rings is 1. The fourth-order valence-electron chi connectivity index (χ4n) is 0.804. The molecule has 0 unspecified atom stereocenters. The molecule has 1 aromatic heterocycles. The van der Waals surface area contributed by atoms with Crippen molar-refractivity contribution in [1.82, 2.24) is 5.32 Å². The lowest BCUT2D eigenvalue weighted by molar-refractivity contribution is -0.137. The van der Waals surface area contributed by atoms with Gasteiger partial charge in [0.25, 0.3) is 0 Å². The molecule has 1 heterocycles. The molecular weight excluding hydrogens is 282 g/mol. The van der Waals surface area contributed by atoms with Gasteiger partial charge < -0.3 is 10.4 Å². The van der Waals surface area contributed by atoms with Crippen LogP contribution in [0.2, 0.25) is 0 Å². The van der Waals surface area contributed by atoms with E-state index < -0.39 is 11.9 Å². The standard InChI is InChI=1S/C9H8BrNO3S/c10-7-3-6(5-15-7)1-2-8(12)11-4-9(13)14/h1-3,5H,4H2,(H,11,12)(H,13,14)/b2-1+. The van der Waals surface area contributed by atoms with Crippen LogP contribution in [0.25, 0.3) is 6.08 Å². The number of halogens is 1. The lowest BCUT2D eigenvalue weighted by Gasteiger charge is -1.95. The van der Waals surface area contributed by atoms with E-state index in [1.165, 1.54) is 17.4 Å². The quantitative estimate of drug-likeness (QED) is 0.830. The molecule has 2 N–H and O–H groups in total. The Morgan fingerprint density at radius 1 is 1.60 bits per heavy atom. The van der Waals surface area contributed by atoms with E-state index in [1.54, 1.807) is 6.08 Å². The maximum Gasteiger partial charge on any atom is 0.322 e. The van der Waals surface area contributed by atoms with Crippen molar-refractivity contribution in [2.75, 3.05) is 6.54 Å². The summed E-state index contributed by atoms with van der Waals surface area (Å²) in [4.78, 5) is 21.2. The van der Waals surface area contributed by atoms with Gasteiger partial charge in [-0.1, -0.05) is 0 Å². The minimum atomic E-state index is -1.06. The molecule has 0 fully saturated rings. The van der Waals surface area contributed by atoms with Crippen molar-refractivity contribution in [3.63, 3.8) is 0 Å². The SMILES string of the molecule is O=C(O)CNC(=O)/C=C/c1csc(Br)c1. The molecule has 0 spiro atoms. The van der Waals surface area contributed by atoms with E-state index in [-0.39, 0.29) is 6.54 Å². The second-order valence-electron chi connectivity index (χ2n) is 2.63. The van der Waals surface area contributed by atoms with Crippen molar-refractivity contribution in [1.29, 1.82) is 0 Å². The monoisotopic (exact) mass is 289 g/mol. The Bertz CT molecular complexity index is 400. The minimum absolute atomic E-state index is 0.365. The zero-order valence-electron chi connectivity index (χ0n) is 7.57. The van der Waals surface area contributed by atoms with Gasteiger partial charge in [0.1, 0.15) is 6.54 Å². The molecule has 0 saturated carbocycles. The number of amides is 1. The number of rotatable bonds is 4. The molecule has 1 amide bonds. The normalized spacial score (nSPS) is 10.5. The van der Waals surface area contributed by atoms with Crippen molar-refractivity contribution >= 4 is 45.2 Å². The Morgan fingerprint density at radius 3 is 2.87 bits per heavy atom. The van der Waals surface area contributed by atoms with Crippen molar-refractivity contribution < 1.29 is 14.7 Å². The summed E-state index contributed by atoms with van der Waals surface area (Å²) in [5.41, 5.74) is 0.900. The van der Waals surface area contributed by atoms with Crippen LogP contribution in [-0.4, -0.2) is 23.5 Å². The van der Waals surface area contributed by atoms with Crippen LogP contribution in [0.5, 0.6) is 0 Å². The maximum atomic E-state index is 11.1. The molecule has 0 atom stereocenters. The van der Waals surface area contributed by atoms with Crippen LogP contribution in [0.3, 0.4) is 0 Å². The van der Waals surface area contributed by atoms with Gasteiger partial charge in [-0.25, -0.2) is 0 Å². The molecule has 0 saturated heterocycles. The third kappa shape index (κ3) is 4.75. The predicted octanol–water partition coefficient (Wildman–Crippen LogP) is 1.72. The van der Waals surface area contributed by atoms with Crippen LogP contribution in [0, 0.1) is 0 Å². The van der Waals surface area contributed by atoms with Gasteiger partial charge in [0.05, 0.1) is 3.79 Å². The third-order valence-corrected chi connectivity index (χ3v) is 2.95. The Kier molecular flexibility index (Phi) is 4.51. The number of hydrogen-bond donors (Lipinski definition) is 2. The highest BCUT2D eigenvalue weighted by atomic mass is 79.9. The van der Waals surface area contributed by atoms with Gasteiger partial charge in [-0.15, -0.1) is 11.3 Å². The molecule has 1 aromatic rings. The van der Waals surface area contributed by atoms with E-state index in [0.717, 1.165) is 9.35 Å². The van der Waals surface area contributed by atoms with E-state index >= 15 is 0 Å². The first-order chi connectivity index (χ1) is 7.08. The Hall–Kier alpha value is -1.14. The van der Waals surface area contributed by atoms with Crippen molar-refractivity contribution in [3.8, 4) is 0 Å². The molecule has 6 heteroatoms. The summed E-state index contributed by atoms with van der Waals surface area (Å²) in [5, 5.41) is 12.4. The lowest BCUT2D eigenvalue weighted by atomic mass is 10.3. The zero-order valence-corrected chi connectivity index (χ0v) is 9.97. The summed E-state index contributed by atoms with van der Waals surface area (Å²) in [7, 11) is 0. The van der Waals surface area contributed by atoms with Crippen molar-refractivity contribution in [2.24, 2.45) is 0 Å². The fourth-order valence-corrected chi connectivity index (χ4v) is 1.95. The van der Waals surface area contributed by atoms with Gasteiger partial charge in [0, 0.05) is 6.08 Å². The van der Waals surface area contributed by atoms with Crippen LogP contribution < -0.4 is 5.32 Å². The smallest absolute Gasteiger partial charge is 0.322 e. The molecule has 0 aromatic carbocycles. The first-order valence-corrected chi connectivity index (χ1v) is 5.67. The summed E-state index contributed by atoms with van der Waals surface area (Å²) < 4.78 is 0.980. The summed E-state index contributed by atoms with van der Waals surface area (Å²) >= 11 is 4.81. The molecule has 0 aliphatic heterocycles. The van der Waals surface area contributed by atoms with Gasteiger partial charge >= 0.3 is 5.97 Å². The zero-order chi connectivity index (χ0) is 11.3. The highest BCUT2D eigenvalue weighted by molar-refractivity contribution is 9.11. The average Bonchev–Trinajstić information content (AvgIpc) is 2.58. The summed E-state index contributed by atoms with van der Waals surface area (Å²) in [6, 6.07) is 1.87. The lowest BCUT2D eigenvalue weighted by Crippen LogP contribution is -2.27. The molecule has 80 valence electrons. The highest BCUT2D eigenvalue weighted by Crippen LogP contribution is 2.21. The van der Waals surface area contributed by atoms with Crippen LogP contribution in [-0.2, 0) is 9.59 Å². The van der Waals surface area contributed by atoms with Gasteiger partial charge in [-0.2, -0.15) is 0 Å². The summed E-state index contributed by atoms with van der Waals surface area (Å²) in [6.07, 6.45) is 2.93. The molecule has 1 rings (SSSR count). The van der Waals surface area contributed by atoms with E-state index in [9.17, 15) is 9.59 Å². The molecular formula is C9H8BrNO3S. The number of carbonyl (C=O) groups is 2. The molecule has 4 nitrogen and oxygen atoms in total. The van der Waals surface area contributed by atoms with Gasteiger partial charge in [0.2, 0.25) is 5.91 Å². The van der Waals surface area contributed by atoms with Crippen LogP contribution in [0.1, 0.15) is 5.56 Å². The molecule has 0 bridgehead atoms. The van der Waals surface area contributed by atoms with Crippen molar-refractivity contribution in [3.05, 3.63) is 26.9 Å². The molecule has 15 heavy (non-hydrogen) atoms. The number of nitrogens with one attached hydrogen (secondary N) is 1. The predicted molar refractivity (Wildman–Crippen MR) is 61.7 cm³/mol. The molecule has 0 aliphatic rings. The van der Waals surface area contributed by atoms with E-state index in [0.29, 0.717) is 0 Å². The van der Waals surface area contributed by atoms with Gasteiger partial charge in [0.15, 0.2) is 0 Å². The topological polar surface area (TPSA) is 66.4 Å². The number of carbonyl (C=O) groups excluding carboxylic acids is 1. The number of hydrogen-bond acceptors (Lipinski definition) is 3. The summed E-state index contributed by atoms with van der Waals surface area (Å²) in [6.45, 7) is -0.365. The second-order valence-corrected chi connectivity index (χ2v) is 4.92. The Labute approximate surface area is 98.7 Å². The van der Waals surface area contributed by atoms with Crippen LogP contribution >= 0.6 is 27.3 Å². The van der Waals surface area contributed by atoms with Crippen molar-refractivity contribution in [2.45, 2.75) is 0 Å². The number of carboxylic acid groups (broad SMARTS) is 1. The van der Waals surface area contributed by atoms with Crippen LogP contribution in [0.4, 0.5) is 0 Å². The second kappa shape index (κ2) is 5.67. The van der Waals surface area contributed by atoms with E-state index in [1.807, 2.05) is 11.4 Å². The number of aliphatic carboxylic acids is 1. The van der Waals surface area contributed by atoms with Gasteiger partial charge in [-0.3, -0.25) is 9.59 Å². The van der Waals surface area contributed by atoms with E-state index in [2.05, 4.69) is 21.2 Å². The third-order valence-electron chi connectivity index (χ3n) is 1.43. The van der Waals surface area contributed by atoms with Crippen LogP contribution in [0.15, 0.2) is 21.3 Å². The minimum Gasteiger partial charge on any atom is -0.480 e. The Morgan fingerprint density at radius 2 is 2.33 bits per heavy atom. The first-order valence-electron chi connectivity index (χ1n) is 3.99. The first kappa shape index (κ1) is 11.9. The largest absolute Gasteiger partial charge is 0.480 e. The average molecular weight is 290 g/mol. The molecule has 0 radical (unpaired) electrons. The highest BCUT2D eigenvalue weighted by Gasteiger charge is 1.99. The van der Waals surface area contributed by atoms with Gasteiger partial charge in [-0.05, 0) is 39.0 Å². The number of carboxylic acids is 1. The Balaban J connectivity index is 2.44. The maximum absolute atomic E-state index is 11.1. The summed E-state index contributed by atoms with van der Waals surface area (Å²) in [5.74, 6) is -1.48. The fraction of sp³-hybridized carbons (Fsp3) is 0.111.